The van der Waals surface area contributed by atoms with Crippen LogP contribution in [0, 0.1) is 0 Å². The summed E-state index contributed by atoms with van der Waals surface area (Å²) < 4.78 is 24.6. The summed E-state index contributed by atoms with van der Waals surface area (Å²) in [7, 11) is -3.62. The van der Waals surface area contributed by atoms with Crippen LogP contribution in [0.4, 0.5) is 11.4 Å². The van der Waals surface area contributed by atoms with Gasteiger partial charge in [-0.25, -0.2) is 13.3 Å². The third kappa shape index (κ3) is 3.02. The average molecular weight is 384 g/mol. The van der Waals surface area contributed by atoms with E-state index in [0.717, 1.165) is 42.8 Å². The van der Waals surface area contributed by atoms with Crippen LogP contribution in [0.25, 0.3) is 0 Å². The maximum atomic E-state index is 12.9. The van der Waals surface area contributed by atoms with E-state index in [1.54, 1.807) is 36.4 Å². The zero-order valence-corrected chi connectivity index (χ0v) is 15.8. The van der Waals surface area contributed by atoms with Gasteiger partial charge >= 0.3 is 0 Å². The van der Waals surface area contributed by atoms with Crippen molar-refractivity contribution in [2.45, 2.75) is 24.2 Å². The lowest BCUT2D eigenvalue weighted by molar-refractivity contribution is 0.0925. The predicted molar refractivity (Wildman–Crippen MR) is 103 cm³/mol. The van der Waals surface area contributed by atoms with Gasteiger partial charge in [-0.05, 0) is 49.6 Å². The Labute approximate surface area is 158 Å². The number of benzene rings is 2. The van der Waals surface area contributed by atoms with Crippen LogP contribution in [-0.4, -0.2) is 39.6 Å². The van der Waals surface area contributed by atoms with E-state index < -0.39 is 21.7 Å². The second-order valence-electron chi connectivity index (χ2n) is 6.96. The summed E-state index contributed by atoms with van der Waals surface area (Å²) in [6.07, 6.45) is 4.39. The Morgan fingerprint density at radius 3 is 2.00 bits per heavy atom. The van der Waals surface area contributed by atoms with Crippen molar-refractivity contribution >= 4 is 33.0 Å². The fourth-order valence-electron chi connectivity index (χ4n) is 3.75. The van der Waals surface area contributed by atoms with Gasteiger partial charge in [-0.1, -0.05) is 12.1 Å². The van der Waals surface area contributed by atoms with Crippen molar-refractivity contribution in [2.75, 3.05) is 29.1 Å². The number of carbonyl (C=O) groups is 2. The van der Waals surface area contributed by atoms with E-state index in [1.807, 2.05) is 0 Å². The summed E-state index contributed by atoms with van der Waals surface area (Å²) in [4.78, 5) is 28.9. The van der Waals surface area contributed by atoms with Gasteiger partial charge in [-0.15, -0.1) is 0 Å². The van der Waals surface area contributed by atoms with Gasteiger partial charge in [0.1, 0.15) is 0 Å². The molecule has 1 fully saturated rings. The Hall–Kier alpha value is -2.67. The molecule has 140 valence electrons. The molecular formula is C20H20N2O4S. The lowest BCUT2D eigenvalue weighted by atomic mass is 10.1. The van der Waals surface area contributed by atoms with Crippen LogP contribution in [0.2, 0.25) is 0 Å². The number of hydrogen-bond donors (Lipinski definition) is 0. The largest absolute Gasteiger partial charge is 0.371 e. The summed E-state index contributed by atoms with van der Waals surface area (Å²) in [5.41, 5.74) is 1.55. The van der Waals surface area contributed by atoms with Gasteiger partial charge in [0.25, 0.3) is 11.8 Å². The first-order valence-corrected chi connectivity index (χ1v) is 10.8. The highest BCUT2D eigenvalue weighted by Crippen LogP contribution is 2.36. The number of anilines is 2. The quantitative estimate of drug-likeness (QED) is 0.761. The van der Waals surface area contributed by atoms with Crippen LogP contribution in [0.15, 0.2) is 47.4 Å². The van der Waals surface area contributed by atoms with E-state index in [0.29, 0.717) is 11.1 Å². The molecule has 0 aromatic heterocycles. The zero-order chi connectivity index (χ0) is 19.2. The molecule has 0 bridgehead atoms. The number of amides is 2. The van der Waals surface area contributed by atoms with Crippen molar-refractivity contribution in [1.82, 2.24) is 0 Å². The molecule has 1 saturated heterocycles. The van der Waals surface area contributed by atoms with E-state index in [9.17, 15) is 18.0 Å². The summed E-state index contributed by atoms with van der Waals surface area (Å²) in [6, 6.07) is 11.5. The van der Waals surface area contributed by atoms with Crippen molar-refractivity contribution in [3.05, 3.63) is 53.6 Å². The molecule has 0 atom stereocenters. The number of sulfone groups is 1. The van der Waals surface area contributed by atoms with Crippen molar-refractivity contribution in [1.29, 1.82) is 0 Å². The number of carbonyl (C=O) groups excluding carboxylic acids is 2. The highest BCUT2D eigenvalue weighted by atomic mass is 32.2. The van der Waals surface area contributed by atoms with Crippen molar-refractivity contribution in [2.24, 2.45) is 0 Å². The third-order valence-electron chi connectivity index (χ3n) is 5.10. The minimum atomic E-state index is -3.62. The molecule has 2 aliphatic heterocycles. The van der Waals surface area contributed by atoms with E-state index in [-0.39, 0.29) is 10.6 Å². The molecule has 0 radical (unpaired) electrons. The van der Waals surface area contributed by atoms with E-state index in [4.69, 9.17) is 0 Å². The first-order valence-electron chi connectivity index (χ1n) is 8.95. The molecule has 0 saturated carbocycles. The van der Waals surface area contributed by atoms with Crippen LogP contribution in [0.5, 0.6) is 0 Å². The molecule has 2 heterocycles. The van der Waals surface area contributed by atoms with Crippen molar-refractivity contribution in [3.63, 3.8) is 0 Å². The minimum Gasteiger partial charge on any atom is -0.371 e. The monoisotopic (exact) mass is 384 g/mol. The second-order valence-corrected chi connectivity index (χ2v) is 8.95. The summed E-state index contributed by atoms with van der Waals surface area (Å²) >= 11 is 0. The van der Waals surface area contributed by atoms with Crippen LogP contribution in [-0.2, 0) is 9.84 Å². The third-order valence-corrected chi connectivity index (χ3v) is 6.24. The summed E-state index contributed by atoms with van der Waals surface area (Å²) in [5, 5.41) is 0. The first kappa shape index (κ1) is 17.7. The maximum Gasteiger partial charge on any atom is 0.266 e. The number of fused-ring (bicyclic) bond motifs is 1. The van der Waals surface area contributed by atoms with Crippen LogP contribution >= 0.6 is 0 Å². The maximum absolute atomic E-state index is 12.9. The Morgan fingerprint density at radius 2 is 1.44 bits per heavy atom. The number of imide groups is 1. The topological polar surface area (TPSA) is 74.8 Å². The van der Waals surface area contributed by atoms with Gasteiger partial charge in [0.15, 0.2) is 9.84 Å². The van der Waals surface area contributed by atoms with Crippen LogP contribution in [0.1, 0.15) is 40.0 Å². The summed E-state index contributed by atoms with van der Waals surface area (Å²) in [5.74, 6) is -0.979. The minimum absolute atomic E-state index is 0.0160. The predicted octanol–water partition coefficient (Wildman–Crippen LogP) is 2.88. The number of hydrogen-bond acceptors (Lipinski definition) is 5. The Bertz CT molecular complexity index is 1000. The highest BCUT2D eigenvalue weighted by Gasteiger charge is 2.38. The number of nitrogens with zero attached hydrogens (tertiary/aromatic N) is 2. The molecule has 0 aliphatic carbocycles. The molecule has 27 heavy (non-hydrogen) atoms. The molecule has 6 nitrogen and oxygen atoms in total. The molecule has 4 rings (SSSR count). The molecule has 2 aromatic carbocycles. The number of piperidine rings is 1. The lowest BCUT2D eigenvalue weighted by Gasteiger charge is -2.30. The molecule has 2 aromatic rings. The molecule has 2 aliphatic rings. The fraction of sp³-hybridized carbons (Fsp3) is 0.300. The van der Waals surface area contributed by atoms with Gasteiger partial charge in [0.05, 0.1) is 21.7 Å². The molecule has 0 spiro atoms. The molecule has 0 N–H and O–H groups in total. The standard InChI is InChI=1S/C20H20N2O4S/c1-27(25,26)18-10-9-14(21-11-5-2-6-12-21)13-17(18)22-19(23)15-7-3-4-8-16(15)20(22)24/h3-4,7-10,13H,2,5-6,11-12H2,1H3. The van der Waals surface area contributed by atoms with Crippen molar-refractivity contribution in [3.8, 4) is 0 Å². The fourth-order valence-corrected chi connectivity index (χ4v) is 4.60. The smallest absolute Gasteiger partial charge is 0.266 e. The molecular weight excluding hydrogens is 364 g/mol. The molecule has 7 heteroatoms. The van der Waals surface area contributed by atoms with Crippen molar-refractivity contribution < 1.29 is 18.0 Å². The highest BCUT2D eigenvalue weighted by molar-refractivity contribution is 7.90. The van der Waals surface area contributed by atoms with Crippen LogP contribution < -0.4 is 9.80 Å². The zero-order valence-electron chi connectivity index (χ0n) is 15.0. The van der Waals surface area contributed by atoms with Crippen LogP contribution in [0.3, 0.4) is 0 Å². The van der Waals surface area contributed by atoms with E-state index in [1.165, 1.54) is 12.5 Å². The van der Waals surface area contributed by atoms with Gasteiger partial charge < -0.3 is 4.90 Å². The summed E-state index contributed by atoms with van der Waals surface area (Å²) in [6.45, 7) is 1.75. The second kappa shape index (κ2) is 6.49. The van der Waals surface area contributed by atoms with Gasteiger partial charge in [0, 0.05) is 25.0 Å². The Kier molecular flexibility index (Phi) is 4.26. The molecule has 2 amide bonds. The average Bonchev–Trinajstić information content (AvgIpc) is 2.92. The SMILES string of the molecule is CS(=O)(=O)c1ccc(N2CCCCC2)cc1N1C(=O)c2ccccc2C1=O. The number of rotatable bonds is 3. The lowest BCUT2D eigenvalue weighted by Crippen LogP contribution is -2.32. The normalized spacial score (nSPS) is 17.4. The van der Waals surface area contributed by atoms with E-state index in [2.05, 4.69) is 4.90 Å². The molecule has 0 unspecified atom stereocenters. The van der Waals surface area contributed by atoms with Gasteiger partial charge in [-0.3, -0.25) is 9.59 Å². The first-order chi connectivity index (χ1) is 12.9. The Balaban J connectivity index is 1.85. The van der Waals surface area contributed by atoms with Gasteiger partial charge in [-0.2, -0.15) is 0 Å². The van der Waals surface area contributed by atoms with Gasteiger partial charge in [0.2, 0.25) is 0 Å². The Morgan fingerprint density at radius 1 is 0.852 bits per heavy atom. The van der Waals surface area contributed by atoms with E-state index >= 15 is 0 Å².